The summed E-state index contributed by atoms with van der Waals surface area (Å²) >= 11 is 3.33. The molecule has 0 atom stereocenters. The Morgan fingerprint density at radius 1 is 1.19 bits per heavy atom. The highest BCUT2D eigenvalue weighted by Gasteiger charge is 2.27. The summed E-state index contributed by atoms with van der Waals surface area (Å²) in [7, 11) is 1.65. The van der Waals surface area contributed by atoms with Crippen LogP contribution in [0.5, 0.6) is 5.75 Å². The summed E-state index contributed by atoms with van der Waals surface area (Å²) < 4.78 is 5.46. The van der Waals surface area contributed by atoms with Gasteiger partial charge in [0.05, 0.1) is 12.0 Å². The van der Waals surface area contributed by atoms with Gasteiger partial charge in [-0.15, -0.1) is 11.3 Å². The lowest BCUT2D eigenvalue weighted by Gasteiger charge is -2.27. The number of carbonyl (C=O) groups excluding carboxylic acids is 1. The number of fused-ring (bicyclic) bond motifs is 1. The van der Waals surface area contributed by atoms with E-state index in [0.717, 1.165) is 58.6 Å². The second-order valence-corrected chi connectivity index (χ2v) is 9.19. The predicted octanol–water partition coefficient (Wildman–Crippen LogP) is 5.21. The Hall–Kier alpha value is -1.79. The summed E-state index contributed by atoms with van der Waals surface area (Å²) in [6.45, 7) is 2.76. The molecule has 1 aromatic heterocycles. The number of methoxy groups -OCH3 is 1. The molecule has 0 saturated carbocycles. The fraction of sp³-hybridized carbons (Fsp3) is 0.429. The Kier molecular flexibility index (Phi) is 5.55. The molecule has 142 valence electrons. The van der Waals surface area contributed by atoms with Crippen molar-refractivity contribution >= 4 is 39.9 Å². The van der Waals surface area contributed by atoms with Crippen LogP contribution in [0.4, 0.5) is 5.69 Å². The number of nitrogens with zero attached hydrogens (tertiary/aromatic N) is 2. The Bertz CT molecular complexity index is 865. The molecule has 6 heteroatoms. The largest absolute Gasteiger partial charge is 0.494 e. The van der Waals surface area contributed by atoms with Crippen molar-refractivity contribution in [3.63, 3.8) is 0 Å². The molecule has 1 aliphatic carbocycles. The lowest BCUT2D eigenvalue weighted by molar-refractivity contribution is 0.0853. The molecule has 2 aromatic rings. The molecule has 0 spiro atoms. The molecule has 0 radical (unpaired) electrons. The Morgan fingerprint density at radius 3 is 2.85 bits per heavy atom. The average molecular weight is 401 g/mol. The fourth-order valence-corrected chi connectivity index (χ4v) is 5.71. The van der Waals surface area contributed by atoms with E-state index in [4.69, 9.17) is 9.73 Å². The number of carbonyl (C=O) groups is 1. The van der Waals surface area contributed by atoms with E-state index in [1.54, 1.807) is 30.2 Å². The number of hydrogen-bond acceptors (Lipinski definition) is 5. The minimum atomic E-state index is 0.0898. The lowest BCUT2D eigenvalue weighted by atomic mass is 9.99. The van der Waals surface area contributed by atoms with Crippen molar-refractivity contribution in [2.75, 3.05) is 19.4 Å². The first-order valence-corrected chi connectivity index (χ1v) is 11.3. The first-order chi connectivity index (χ1) is 13.2. The van der Waals surface area contributed by atoms with Gasteiger partial charge in [0, 0.05) is 17.2 Å². The third kappa shape index (κ3) is 3.92. The van der Waals surface area contributed by atoms with Gasteiger partial charge in [-0.05, 0) is 68.4 Å². The molecule has 0 bridgehead atoms. The van der Waals surface area contributed by atoms with E-state index in [-0.39, 0.29) is 5.91 Å². The first-order valence-electron chi connectivity index (χ1n) is 9.45. The van der Waals surface area contributed by atoms with Gasteiger partial charge in [-0.2, -0.15) is 0 Å². The second-order valence-electron chi connectivity index (χ2n) is 6.99. The Labute approximate surface area is 168 Å². The molecule has 4 rings (SSSR count). The predicted molar refractivity (Wildman–Crippen MR) is 114 cm³/mol. The van der Waals surface area contributed by atoms with Gasteiger partial charge in [-0.3, -0.25) is 9.69 Å². The van der Waals surface area contributed by atoms with Crippen molar-refractivity contribution in [3.8, 4) is 5.75 Å². The molecule has 0 unspecified atom stereocenters. The fourth-order valence-electron chi connectivity index (χ4n) is 3.56. The van der Waals surface area contributed by atoms with Crippen LogP contribution < -0.4 is 4.74 Å². The maximum atomic E-state index is 13.3. The van der Waals surface area contributed by atoms with Gasteiger partial charge < -0.3 is 4.74 Å². The molecule has 1 saturated heterocycles. The van der Waals surface area contributed by atoms with Crippen molar-refractivity contribution in [1.82, 2.24) is 4.90 Å². The average Bonchev–Trinajstić information content (AvgIpc) is 3.12. The quantitative estimate of drug-likeness (QED) is 0.710. The van der Waals surface area contributed by atoms with E-state index in [0.29, 0.717) is 0 Å². The van der Waals surface area contributed by atoms with Gasteiger partial charge in [0.1, 0.15) is 11.4 Å². The zero-order valence-corrected chi connectivity index (χ0v) is 17.4. The van der Waals surface area contributed by atoms with E-state index >= 15 is 0 Å². The van der Waals surface area contributed by atoms with Gasteiger partial charge in [-0.25, -0.2) is 4.99 Å². The van der Waals surface area contributed by atoms with Gasteiger partial charge in [0.15, 0.2) is 5.17 Å². The van der Waals surface area contributed by atoms with Crippen LogP contribution in [0.2, 0.25) is 0 Å². The number of ether oxygens (including phenoxy) is 1. The molecule has 1 aromatic carbocycles. The normalized spacial score (nSPS) is 18.4. The number of aryl methyl sites for hydroxylation is 3. The van der Waals surface area contributed by atoms with Crippen LogP contribution in [-0.2, 0) is 12.8 Å². The smallest absolute Gasteiger partial charge is 0.269 e. The van der Waals surface area contributed by atoms with Crippen molar-refractivity contribution in [1.29, 1.82) is 0 Å². The number of hydrogen-bond donors (Lipinski definition) is 0. The summed E-state index contributed by atoms with van der Waals surface area (Å²) in [5.41, 5.74) is 3.28. The van der Waals surface area contributed by atoms with Gasteiger partial charge in [0.25, 0.3) is 5.91 Å². The molecule has 1 fully saturated rings. The van der Waals surface area contributed by atoms with E-state index in [2.05, 4.69) is 6.07 Å². The minimum Gasteiger partial charge on any atom is -0.494 e. The van der Waals surface area contributed by atoms with Crippen LogP contribution in [0.3, 0.4) is 0 Å². The van der Waals surface area contributed by atoms with Crippen LogP contribution in [0.25, 0.3) is 0 Å². The standard InChI is InChI=1S/C21H24N2O2S2/c1-14-8-9-17(25-2)16(12-14)22-21-23(10-5-11-26-21)20(24)19-13-15-6-3-4-7-18(15)27-19/h8-9,12-13H,3-7,10-11H2,1-2H3. The van der Waals surface area contributed by atoms with Crippen molar-refractivity contribution in [3.05, 3.63) is 45.1 Å². The zero-order chi connectivity index (χ0) is 18.8. The second kappa shape index (κ2) is 8.07. The van der Waals surface area contributed by atoms with Crippen molar-refractivity contribution in [2.24, 2.45) is 4.99 Å². The molecule has 1 aliphatic heterocycles. The third-order valence-corrected chi connectivity index (χ3v) is 7.28. The van der Waals surface area contributed by atoms with E-state index in [1.807, 2.05) is 30.0 Å². The summed E-state index contributed by atoms with van der Waals surface area (Å²) in [4.78, 5) is 22.2. The monoisotopic (exact) mass is 400 g/mol. The number of thiophene rings is 1. The number of benzene rings is 1. The van der Waals surface area contributed by atoms with Crippen LogP contribution in [0.15, 0.2) is 29.3 Å². The Morgan fingerprint density at radius 2 is 2.04 bits per heavy atom. The minimum absolute atomic E-state index is 0.0898. The molecule has 1 amide bonds. The summed E-state index contributed by atoms with van der Waals surface area (Å²) in [5.74, 6) is 1.81. The van der Waals surface area contributed by atoms with Crippen LogP contribution in [0.1, 0.15) is 44.9 Å². The summed E-state index contributed by atoms with van der Waals surface area (Å²) in [6, 6.07) is 8.07. The van der Waals surface area contributed by atoms with Crippen LogP contribution >= 0.6 is 23.1 Å². The van der Waals surface area contributed by atoms with E-state index in [1.165, 1.54) is 23.3 Å². The number of aliphatic imine (C=N–C) groups is 1. The maximum absolute atomic E-state index is 13.3. The van der Waals surface area contributed by atoms with Gasteiger partial charge >= 0.3 is 0 Å². The molecular weight excluding hydrogens is 376 g/mol. The zero-order valence-electron chi connectivity index (χ0n) is 15.8. The highest BCUT2D eigenvalue weighted by atomic mass is 32.2. The molecule has 0 N–H and O–H groups in total. The lowest BCUT2D eigenvalue weighted by Crippen LogP contribution is -2.38. The Balaban J connectivity index is 1.65. The molecule has 2 heterocycles. The SMILES string of the molecule is COc1ccc(C)cc1N=C1SCCCN1C(=O)c1cc2c(s1)CCCC2. The first kappa shape index (κ1) is 18.6. The molecule has 2 aliphatic rings. The summed E-state index contributed by atoms with van der Waals surface area (Å²) in [6.07, 6.45) is 5.68. The molecular formula is C21H24N2O2S2. The summed E-state index contributed by atoms with van der Waals surface area (Å²) in [5, 5.41) is 0.779. The third-order valence-electron chi connectivity index (χ3n) is 4.99. The maximum Gasteiger partial charge on any atom is 0.269 e. The number of thioether (sulfide) groups is 1. The van der Waals surface area contributed by atoms with Crippen LogP contribution in [0, 0.1) is 6.92 Å². The van der Waals surface area contributed by atoms with Crippen molar-refractivity contribution in [2.45, 2.75) is 39.0 Å². The van der Waals surface area contributed by atoms with E-state index in [9.17, 15) is 4.79 Å². The van der Waals surface area contributed by atoms with Gasteiger partial charge in [0.2, 0.25) is 0 Å². The van der Waals surface area contributed by atoms with E-state index < -0.39 is 0 Å². The number of amides is 1. The topological polar surface area (TPSA) is 41.9 Å². The molecule has 27 heavy (non-hydrogen) atoms. The molecule has 4 nitrogen and oxygen atoms in total. The number of rotatable bonds is 3. The number of amidine groups is 1. The van der Waals surface area contributed by atoms with Crippen molar-refractivity contribution < 1.29 is 9.53 Å². The highest BCUT2D eigenvalue weighted by Crippen LogP contribution is 2.34. The highest BCUT2D eigenvalue weighted by molar-refractivity contribution is 8.13. The van der Waals surface area contributed by atoms with Gasteiger partial charge in [-0.1, -0.05) is 17.8 Å². The van der Waals surface area contributed by atoms with Crippen LogP contribution in [-0.4, -0.2) is 35.4 Å².